The Hall–Kier alpha value is -1.75. The molecular weight excluding hydrogens is 314 g/mol. The zero-order valence-corrected chi connectivity index (χ0v) is 13.2. The summed E-state index contributed by atoms with van der Waals surface area (Å²) in [6.45, 7) is 1.58. The summed E-state index contributed by atoms with van der Waals surface area (Å²) in [5.74, 6) is 0.215. The van der Waals surface area contributed by atoms with Gasteiger partial charge in [0.15, 0.2) is 4.90 Å². The van der Waals surface area contributed by atoms with Crippen LogP contribution < -0.4 is 14.8 Å². The highest BCUT2D eigenvalue weighted by Crippen LogP contribution is 2.27. The van der Waals surface area contributed by atoms with Gasteiger partial charge >= 0.3 is 0 Å². The average Bonchev–Trinajstić information content (AvgIpc) is 2.50. The van der Waals surface area contributed by atoms with E-state index in [1.54, 1.807) is 7.11 Å². The number of nitro benzene ring substituents is 1. The molecule has 1 aromatic rings. The van der Waals surface area contributed by atoms with Gasteiger partial charge in [0, 0.05) is 26.7 Å². The Balaban J connectivity index is 2.78. The van der Waals surface area contributed by atoms with Crippen LogP contribution in [0.2, 0.25) is 0 Å². The first-order valence-electron chi connectivity index (χ1n) is 6.44. The van der Waals surface area contributed by atoms with E-state index in [1.165, 1.54) is 13.2 Å². The molecule has 124 valence electrons. The van der Waals surface area contributed by atoms with Crippen molar-refractivity contribution in [3.05, 3.63) is 28.3 Å². The Morgan fingerprint density at radius 1 is 1.23 bits per heavy atom. The van der Waals surface area contributed by atoms with Crippen LogP contribution in [0.15, 0.2) is 23.1 Å². The molecule has 0 bridgehead atoms. The second-order valence-electron chi connectivity index (χ2n) is 4.23. The largest absolute Gasteiger partial charge is 0.497 e. The Labute approximate surface area is 128 Å². The first-order chi connectivity index (χ1) is 10.4. The predicted molar refractivity (Wildman–Crippen MR) is 79.6 cm³/mol. The molecule has 0 atom stereocenters. The maximum absolute atomic E-state index is 12.1. The second-order valence-corrected chi connectivity index (χ2v) is 5.97. The molecule has 0 saturated heterocycles. The van der Waals surface area contributed by atoms with Gasteiger partial charge in [0.2, 0.25) is 10.0 Å². The SMILES string of the molecule is COCCNCCNS(=O)(=O)c1ccc(OC)cc1[N+](=O)[O-]. The zero-order chi connectivity index (χ0) is 16.6. The quantitative estimate of drug-likeness (QED) is 0.354. The molecule has 0 fully saturated rings. The summed E-state index contributed by atoms with van der Waals surface area (Å²) < 4.78 is 36.3. The molecule has 1 aromatic carbocycles. The lowest BCUT2D eigenvalue weighted by Crippen LogP contribution is -2.33. The van der Waals surface area contributed by atoms with Crippen LogP contribution in [0, 0.1) is 10.1 Å². The van der Waals surface area contributed by atoms with E-state index in [-0.39, 0.29) is 12.3 Å². The molecule has 0 saturated carbocycles. The number of rotatable bonds is 10. The molecule has 2 N–H and O–H groups in total. The van der Waals surface area contributed by atoms with Gasteiger partial charge in [-0.3, -0.25) is 10.1 Å². The van der Waals surface area contributed by atoms with E-state index in [0.29, 0.717) is 19.7 Å². The Bertz CT molecular complexity index is 605. The summed E-state index contributed by atoms with van der Waals surface area (Å²) in [6, 6.07) is 3.58. The molecule has 0 radical (unpaired) electrons. The number of sulfonamides is 1. The number of nitro groups is 1. The van der Waals surface area contributed by atoms with E-state index >= 15 is 0 Å². The molecule has 9 nitrogen and oxygen atoms in total. The highest BCUT2D eigenvalue weighted by atomic mass is 32.2. The molecule has 0 aliphatic heterocycles. The highest BCUT2D eigenvalue weighted by Gasteiger charge is 2.26. The fraction of sp³-hybridized carbons (Fsp3) is 0.500. The monoisotopic (exact) mass is 333 g/mol. The molecule has 0 amide bonds. The highest BCUT2D eigenvalue weighted by molar-refractivity contribution is 7.89. The maximum atomic E-state index is 12.1. The van der Waals surface area contributed by atoms with E-state index < -0.39 is 25.5 Å². The smallest absolute Gasteiger partial charge is 0.293 e. The molecule has 1 rings (SSSR count). The van der Waals surface area contributed by atoms with Gasteiger partial charge in [0.25, 0.3) is 5.69 Å². The molecular formula is C12H19N3O6S. The number of ether oxygens (including phenoxy) is 2. The topological polar surface area (TPSA) is 120 Å². The molecule has 0 heterocycles. The minimum atomic E-state index is -3.97. The van der Waals surface area contributed by atoms with Crippen LogP contribution in [0.3, 0.4) is 0 Å². The Morgan fingerprint density at radius 2 is 1.95 bits per heavy atom. The summed E-state index contributed by atoms with van der Waals surface area (Å²) in [7, 11) is -1.07. The van der Waals surface area contributed by atoms with Gasteiger partial charge in [-0.2, -0.15) is 0 Å². The summed E-state index contributed by atoms with van der Waals surface area (Å²) in [4.78, 5) is 9.87. The average molecular weight is 333 g/mol. The fourth-order valence-electron chi connectivity index (χ4n) is 1.64. The van der Waals surface area contributed by atoms with Gasteiger partial charge in [0.05, 0.1) is 24.7 Å². The first-order valence-corrected chi connectivity index (χ1v) is 7.92. The molecule has 0 aromatic heterocycles. The third-order valence-corrected chi connectivity index (χ3v) is 4.24. The summed E-state index contributed by atoms with van der Waals surface area (Å²) in [5, 5.41) is 14.0. The summed E-state index contributed by atoms with van der Waals surface area (Å²) >= 11 is 0. The van der Waals surface area contributed by atoms with Gasteiger partial charge in [-0.25, -0.2) is 13.1 Å². The van der Waals surface area contributed by atoms with Crippen LogP contribution in [0.25, 0.3) is 0 Å². The van der Waals surface area contributed by atoms with Crippen molar-refractivity contribution in [2.45, 2.75) is 4.90 Å². The van der Waals surface area contributed by atoms with Crippen LogP contribution in [-0.4, -0.2) is 53.8 Å². The number of hydrogen-bond donors (Lipinski definition) is 2. The number of benzene rings is 1. The van der Waals surface area contributed by atoms with Crippen molar-refractivity contribution in [2.24, 2.45) is 0 Å². The van der Waals surface area contributed by atoms with Crippen LogP contribution >= 0.6 is 0 Å². The van der Waals surface area contributed by atoms with Gasteiger partial charge in [0.1, 0.15) is 5.75 Å². The molecule has 0 aliphatic carbocycles. The number of methoxy groups -OCH3 is 2. The predicted octanol–water partition coefficient (Wildman–Crippen LogP) is 0.118. The molecule has 10 heteroatoms. The zero-order valence-electron chi connectivity index (χ0n) is 12.4. The standard InChI is InChI=1S/C12H19N3O6S/c1-20-8-7-13-5-6-14-22(18,19)12-4-3-10(21-2)9-11(12)15(16)17/h3-4,9,13-14H,5-8H2,1-2H3. The third-order valence-electron chi connectivity index (χ3n) is 2.73. The van der Waals surface area contributed by atoms with Crippen molar-refractivity contribution in [3.63, 3.8) is 0 Å². The van der Waals surface area contributed by atoms with Crippen molar-refractivity contribution in [1.82, 2.24) is 10.0 Å². The molecule has 22 heavy (non-hydrogen) atoms. The van der Waals surface area contributed by atoms with Crippen LogP contribution in [0.5, 0.6) is 5.75 Å². The van der Waals surface area contributed by atoms with Gasteiger partial charge in [-0.05, 0) is 12.1 Å². The van der Waals surface area contributed by atoms with Crippen LogP contribution in [0.1, 0.15) is 0 Å². The van der Waals surface area contributed by atoms with E-state index in [2.05, 4.69) is 10.0 Å². The molecule has 0 spiro atoms. The lowest BCUT2D eigenvalue weighted by molar-refractivity contribution is -0.387. The van der Waals surface area contributed by atoms with E-state index in [1.807, 2.05) is 0 Å². The van der Waals surface area contributed by atoms with Crippen molar-refractivity contribution in [3.8, 4) is 5.75 Å². The van der Waals surface area contributed by atoms with Crippen LogP contribution in [-0.2, 0) is 14.8 Å². The van der Waals surface area contributed by atoms with E-state index in [0.717, 1.165) is 12.1 Å². The Morgan fingerprint density at radius 3 is 2.55 bits per heavy atom. The number of nitrogens with zero attached hydrogens (tertiary/aromatic N) is 1. The van der Waals surface area contributed by atoms with Crippen molar-refractivity contribution >= 4 is 15.7 Å². The fourth-order valence-corrected chi connectivity index (χ4v) is 2.83. The number of hydrogen-bond acceptors (Lipinski definition) is 7. The third kappa shape index (κ3) is 5.22. The normalized spacial score (nSPS) is 11.4. The lowest BCUT2D eigenvalue weighted by Gasteiger charge is -2.09. The lowest BCUT2D eigenvalue weighted by atomic mass is 10.3. The van der Waals surface area contributed by atoms with Crippen molar-refractivity contribution in [2.75, 3.05) is 40.5 Å². The minimum absolute atomic E-state index is 0.106. The minimum Gasteiger partial charge on any atom is -0.497 e. The Kier molecular flexibility index (Phi) is 7.18. The van der Waals surface area contributed by atoms with Crippen LogP contribution in [0.4, 0.5) is 5.69 Å². The maximum Gasteiger partial charge on any atom is 0.293 e. The summed E-state index contributed by atoms with van der Waals surface area (Å²) in [5.41, 5.74) is -0.529. The van der Waals surface area contributed by atoms with Gasteiger partial charge in [-0.1, -0.05) is 0 Å². The van der Waals surface area contributed by atoms with E-state index in [9.17, 15) is 18.5 Å². The van der Waals surface area contributed by atoms with Crippen molar-refractivity contribution in [1.29, 1.82) is 0 Å². The van der Waals surface area contributed by atoms with Gasteiger partial charge < -0.3 is 14.8 Å². The second kappa shape index (κ2) is 8.63. The van der Waals surface area contributed by atoms with Crippen molar-refractivity contribution < 1.29 is 22.8 Å². The molecule has 0 aliphatic rings. The van der Waals surface area contributed by atoms with E-state index in [4.69, 9.17) is 9.47 Å². The van der Waals surface area contributed by atoms with Gasteiger partial charge in [-0.15, -0.1) is 0 Å². The molecule has 0 unspecified atom stereocenters. The summed E-state index contributed by atoms with van der Waals surface area (Å²) in [6.07, 6.45) is 0. The number of nitrogens with one attached hydrogen (secondary N) is 2. The first kappa shape index (κ1) is 18.3.